The normalized spacial score (nSPS) is 13.3. The number of carbonyl (C=O) groups excluding carboxylic acids is 2. The van der Waals surface area contributed by atoms with Crippen molar-refractivity contribution >= 4 is 63.5 Å². The van der Waals surface area contributed by atoms with E-state index in [-0.39, 0.29) is 29.4 Å². The van der Waals surface area contributed by atoms with E-state index in [4.69, 9.17) is 23.2 Å². The van der Waals surface area contributed by atoms with Crippen molar-refractivity contribution in [3.8, 4) is 0 Å². The van der Waals surface area contributed by atoms with Gasteiger partial charge in [-0.15, -0.1) is 0 Å². The zero-order valence-corrected chi connectivity index (χ0v) is 18.4. The highest BCUT2D eigenvalue weighted by Gasteiger charge is 2.25. The average molecular weight is 461 g/mol. The summed E-state index contributed by atoms with van der Waals surface area (Å²) in [4.78, 5) is 33.7. The Labute approximate surface area is 187 Å². The minimum atomic E-state index is -0.282. The maximum atomic E-state index is 12.7. The number of hydrogen-bond donors (Lipinski definition) is 2. The quantitative estimate of drug-likeness (QED) is 0.512. The Bertz CT molecular complexity index is 1150. The largest absolute Gasteiger partial charge is 0.349 e. The molecule has 30 heavy (non-hydrogen) atoms. The van der Waals surface area contributed by atoms with Crippen LogP contribution in [0.5, 0.6) is 0 Å². The Kier molecular flexibility index (Phi) is 6.13. The number of benzene rings is 1. The Hall–Kier alpha value is -2.35. The van der Waals surface area contributed by atoms with Gasteiger partial charge in [-0.05, 0) is 37.5 Å². The minimum Gasteiger partial charge on any atom is -0.349 e. The van der Waals surface area contributed by atoms with Gasteiger partial charge in [0, 0.05) is 17.6 Å². The fraction of sp³-hybridized carbons (Fsp3) is 0.238. The fourth-order valence-electron chi connectivity index (χ4n) is 2.86. The van der Waals surface area contributed by atoms with Crippen molar-refractivity contribution in [2.75, 3.05) is 11.1 Å². The number of nitrogens with zero attached hydrogens (tertiary/aromatic N) is 2. The Balaban J connectivity index is 1.50. The summed E-state index contributed by atoms with van der Waals surface area (Å²) >= 11 is 13.4. The molecule has 0 radical (unpaired) electrons. The van der Waals surface area contributed by atoms with Gasteiger partial charge in [-0.3, -0.25) is 9.59 Å². The number of thioether (sulfide) groups is 1. The first kappa shape index (κ1) is 20.9. The summed E-state index contributed by atoms with van der Waals surface area (Å²) in [7, 11) is 0. The van der Waals surface area contributed by atoms with E-state index >= 15 is 0 Å². The standard InChI is InChI=1S/C21H18Cl2N4O2S/c1-11-15(22)9-24-20(19(11)23)27-17(28)10-30-18-8-14(21(29)25-12-6-7-12)13-4-2-3-5-16(13)26-18/h2-5,8-9,12H,6-7,10H2,1H3,(H,25,29)(H,24,27,28). The fourth-order valence-corrected chi connectivity index (χ4v) is 3.96. The highest BCUT2D eigenvalue weighted by molar-refractivity contribution is 7.99. The van der Waals surface area contributed by atoms with Gasteiger partial charge in [0.2, 0.25) is 5.91 Å². The van der Waals surface area contributed by atoms with Gasteiger partial charge in [-0.1, -0.05) is 53.2 Å². The summed E-state index contributed by atoms with van der Waals surface area (Å²) < 4.78 is 0. The molecule has 2 heterocycles. The molecule has 9 heteroatoms. The number of para-hydroxylation sites is 1. The van der Waals surface area contributed by atoms with E-state index in [9.17, 15) is 9.59 Å². The third-order valence-electron chi connectivity index (χ3n) is 4.66. The van der Waals surface area contributed by atoms with Crippen molar-refractivity contribution in [2.24, 2.45) is 0 Å². The highest BCUT2D eigenvalue weighted by atomic mass is 35.5. The summed E-state index contributed by atoms with van der Waals surface area (Å²) in [6, 6.07) is 9.47. The van der Waals surface area contributed by atoms with E-state index < -0.39 is 0 Å². The molecule has 3 aromatic rings. The number of aromatic nitrogens is 2. The first-order chi connectivity index (χ1) is 14.4. The van der Waals surface area contributed by atoms with Gasteiger partial charge >= 0.3 is 0 Å². The molecule has 0 aliphatic heterocycles. The number of rotatable bonds is 6. The molecule has 1 aliphatic carbocycles. The van der Waals surface area contributed by atoms with Crippen LogP contribution in [0.1, 0.15) is 28.8 Å². The van der Waals surface area contributed by atoms with Crippen molar-refractivity contribution in [2.45, 2.75) is 30.8 Å². The summed E-state index contributed by atoms with van der Waals surface area (Å²) in [6.45, 7) is 1.75. The van der Waals surface area contributed by atoms with Crippen molar-refractivity contribution < 1.29 is 9.59 Å². The summed E-state index contributed by atoms with van der Waals surface area (Å²) in [6.07, 6.45) is 3.47. The zero-order chi connectivity index (χ0) is 21.3. The van der Waals surface area contributed by atoms with Crippen molar-refractivity contribution in [3.63, 3.8) is 0 Å². The Morgan fingerprint density at radius 2 is 2.00 bits per heavy atom. The minimum absolute atomic E-state index is 0.0920. The van der Waals surface area contributed by atoms with Crippen LogP contribution < -0.4 is 10.6 Å². The zero-order valence-electron chi connectivity index (χ0n) is 16.0. The lowest BCUT2D eigenvalue weighted by molar-refractivity contribution is -0.113. The molecule has 2 amide bonds. The molecule has 154 valence electrons. The van der Waals surface area contributed by atoms with Crippen LogP contribution >= 0.6 is 35.0 Å². The van der Waals surface area contributed by atoms with E-state index in [1.807, 2.05) is 24.3 Å². The van der Waals surface area contributed by atoms with Gasteiger partial charge in [0.15, 0.2) is 5.82 Å². The number of anilines is 1. The number of amides is 2. The van der Waals surface area contributed by atoms with Gasteiger partial charge in [-0.25, -0.2) is 9.97 Å². The van der Waals surface area contributed by atoms with Gasteiger partial charge in [-0.2, -0.15) is 0 Å². The Morgan fingerprint density at radius 3 is 2.77 bits per heavy atom. The second kappa shape index (κ2) is 8.79. The predicted octanol–water partition coefficient (Wildman–Crippen LogP) is 4.87. The number of hydrogen-bond acceptors (Lipinski definition) is 5. The van der Waals surface area contributed by atoms with E-state index in [0.29, 0.717) is 31.7 Å². The van der Waals surface area contributed by atoms with E-state index in [2.05, 4.69) is 20.6 Å². The SMILES string of the molecule is Cc1c(Cl)cnc(NC(=O)CSc2cc(C(=O)NC3CC3)c3ccccc3n2)c1Cl. The molecule has 1 fully saturated rings. The van der Waals surface area contributed by atoms with Crippen LogP contribution in [-0.4, -0.2) is 33.6 Å². The number of pyridine rings is 2. The average Bonchev–Trinajstić information content (AvgIpc) is 3.56. The second-order valence-corrected chi connectivity index (χ2v) is 8.78. The van der Waals surface area contributed by atoms with Crippen LogP contribution in [0, 0.1) is 6.92 Å². The first-order valence-electron chi connectivity index (χ1n) is 9.36. The summed E-state index contributed by atoms with van der Waals surface area (Å²) in [5, 5.41) is 7.83. The maximum absolute atomic E-state index is 12.7. The van der Waals surface area contributed by atoms with Crippen LogP contribution in [-0.2, 0) is 4.79 Å². The molecule has 1 aromatic carbocycles. The molecule has 1 aliphatic rings. The van der Waals surface area contributed by atoms with Gasteiger partial charge in [0.1, 0.15) is 0 Å². The molecule has 0 unspecified atom stereocenters. The molecule has 0 saturated heterocycles. The van der Waals surface area contributed by atoms with Crippen molar-refractivity contribution in [3.05, 3.63) is 57.7 Å². The van der Waals surface area contributed by atoms with Crippen molar-refractivity contribution in [1.29, 1.82) is 0 Å². The van der Waals surface area contributed by atoms with E-state index in [1.54, 1.807) is 13.0 Å². The summed E-state index contributed by atoms with van der Waals surface area (Å²) in [5.74, 6) is -0.0421. The smallest absolute Gasteiger partial charge is 0.252 e. The number of fused-ring (bicyclic) bond motifs is 1. The topological polar surface area (TPSA) is 84.0 Å². The molecule has 2 aromatic heterocycles. The van der Waals surface area contributed by atoms with Crippen molar-refractivity contribution in [1.82, 2.24) is 15.3 Å². The van der Waals surface area contributed by atoms with Crippen LogP contribution in [0.2, 0.25) is 10.0 Å². The van der Waals surface area contributed by atoms with Crippen LogP contribution in [0.25, 0.3) is 10.9 Å². The molecule has 2 N–H and O–H groups in total. The molecular formula is C21H18Cl2N4O2S. The van der Waals surface area contributed by atoms with Gasteiger partial charge in [0.25, 0.3) is 5.91 Å². The van der Waals surface area contributed by atoms with Crippen LogP contribution in [0.15, 0.2) is 41.6 Å². The van der Waals surface area contributed by atoms with Gasteiger partial charge in [0.05, 0.1) is 31.9 Å². The lowest BCUT2D eigenvalue weighted by Gasteiger charge is -2.11. The molecule has 0 spiro atoms. The molecule has 4 rings (SSSR count). The highest BCUT2D eigenvalue weighted by Crippen LogP contribution is 2.29. The first-order valence-corrected chi connectivity index (χ1v) is 11.1. The maximum Gasteiger partial charge on any atom is 0.252 e. The molecule has 0 bridgehead atoms. The van der Waals surface area contributed by atoms with E-state index in [0.717, 1.165) is 18.2 Å². The molecule has 6 nitrogen and oxygen atoms in total. The number of halogens is 2. The molecular weight excluding hydrogens is 443 g/mol. The molecule has 0 atom stereocenters. The monoisotopic (exact) mass is 460 g/mol. The van der Waals surface area contributed by atoms with Gasteiger partial charge < -0.3 is 10.6 Å². The third kappa shape index (κ3) is 4.69. The summed E-state index contributed by atoms with van der Waals surface area (Å²) in [5.41, 5.74) is 1.93. The third-order valence-corrected chi connectivity index (χ3v) is 6.42. The van der Waals surface area contributed by atoms with Crippen LogP contribution in [0.3, 0.4) is 0 Å². The second-order valence-electron chi connectivity index (χ2n) is 7.00. The predicted molar refractivity (Wildman–Crippen MR) is 121 cm³/mol. The number of nitrogens with one attached hydrogen (secondary N) is 2. The lowest BCUT2D eigenvalue weighted by Crippen LogP contribution is -2.25. The number of carbonyl (C=O) groups is 2. The lowest BCUT2D eigenvalue weighted by atomic mass is 10.1. The molecule has 1 saturated carbocycles. The van der Waals surface area contributed by atoms with E-state index in [1.165, 1.54) is 18.0 Å². The Morgan fingerprint density at radius 1 is 1.23 bits per heavy atom. The van der Waals surface area contributed by atoms with Crippen LogP contribution in [0.4, 0.5) is 5.82 Å².